The smallest absolute Gasteiger partial charge is 0.136 e. The molecule has 0 aromatic carbocycles. The Balaban J connectivity index is 1.89. The number of piperidine rings is 1. The standard InChI is InChI=1S/C12H20N4/c1-9-3-2-8-16-11(9)14-15-12(16)10-4-6-13-7-5-10/h9-10,13H,2-8H2,1H3. The molecule has 0 aliphatic carbocycles. The van der Waals surface area contributed by atoms with Gasteiger partial charge in [0.15, 0.2) is 0 Å². The minimum Gasteiger partial charge on any atom is -0.317 e. The lowest BCUT2D eigenvalue weighted by molar-refractivity contribution is 0.403. The van der Waals surface area contributed by atoms with E-state index in [0.717, 1.165) is 19.6 Å². The van der Waals surface area contributed by atoms with Gasteiger partial charge in [-0.3, -0.25) is 0 Å². The van der Waals surface area contributed by atoms with E-state index in [-0.39, 0.29) is 0 Å². The van der Waals surface area contributed by atoms with Crippen molar-refractivity contribution in [2.75, 3.05) is 13.1 Å². The van der Waals surface area contributed by atoms with Crippen molar-refractivity contribution in [2.45, 2.75) is 51.0 Å². The first-order valence-electron chi connectivity index (χ1n) is 6.50. The second-order valence-corrected chi connectivity index (χ2v) is 5.14. The Bertz CT molecular complexity index is 365. The van der Waals surface area contributed by atoms with Crippen LogP contribution in [-0.4, -0.2) is 27.9 Å². The molecule has 88 valence electrons. The molecule has 3 rings (SSSR count). The molecule has 0 bridgehead atoms. The van der Waals surface area contributed by atoms with Crippen LogP contribution in [0.2, 0.25) is 0 Å². The molecule has 1 fully saturated rings. The van der Waals surface area contributed by atoms with E-state index in [0.29, 0.717) is 11.8 Å². The summed E-state index contributed by atoms with van der Waals surface area (Å²) >= 11 is 0. The van der Waals surface area contributed by atoms with Crippen LogP contribution in [-0.2, 0) is 6.54 Å². The van der Waals surface area contributed by atoms with E-state index in [1.54, 1.807) is 0 Å². The Morgan fingerprint density at radius 1 is 1.12 bits per heavy atom. The Kier molecular flexibility index (Phi) is 2.67. The molecule has 0 radical (unpaired) electrons. The van der Waals surface area contributed by atoms with E-state index in [9.17, 15) is 0 Å². The molecule has 4 heteroatoms. The van der Waals surface area contributed by atoms with Crippen LogP contribution in [0.1, 0.15) is 56.1 Å². The van der Waals surface area contributed by atoms with Gasteiger partial charge in [-0.15, -0.1) is 10.2 Å². The molecule has 16 heavy (non-hydrogen) atoms. The number of nitrogens with zero attached hydrogens (tertiary/aromatic N) is 3. The van der Waals surface area contributed by atoms with Crippen LogP contribution in [0.25, 0.3) is 0 Å². The van der Waals surface area contributed by atoms with Crippen molar-refractivity contribution in [3.05, 3.63) is 11.6 Å². The number of nitrogens with one attached hydrogen (secondary N) is 1. The highest BCUT2D eigenvalue weighted by Crippen LogP contribution is 2.30. The van der Waals surface area contributed by atoms with Crippen molar-refractivity contribution < 1.29 is 0 Å². The lowest BCUT2D eigenvalue weighted by Gasteiger charge is -2.25. The predicted octanol–water partition coefficient (Wildman–Crippen LogP) is 1.64. The molecular weight excluding hydrogens is 200 g/mol. The largest absolute Gasteiger partial charge is 0.317 e. The van der Waals surface area contributed by atoms with E-state index >= 15 is 0 Å². The van der Waals surface area contributed by atoms with Gasteiger partial charge in [0, 0.05) is 18.4 Å². The quantitative estimate of drug-likeness (QED) is 0.782. The maximum atomic E-state index is 4.46. The first-order valence-corrected chi connectivity index (χ1v) is 6.50. The van der Waals surface area contributed by atoms with Crippen LogP contribution in [0.15, 0.2) is 0 Å². The molecule has 1 N–H and O–H groups in total. The van der Waals surface area contributed by atoms with Crippen LogP contribution in [0.4, 0.5) is 0 Å². The van der Waals surface area contributed by atoms with Gasteiger partial charge in [0.25, 0.3) is 0 Å². The summed E-state index contributed by atoms with van der Waals surface area (Å²) in [7, 11) is 0. The molecule has 0 spiro atoms. The molecule has 0 amide bonds. The minimum absolute atomic E-state index is 0.594. The second-order valence-electron chi connectivity index (χ2n) is 5.14. The number of aromatic nitrogens is 3. The summed E-state index contributed by atoms with van der Waals surface area (Å²) in [5.41, 5.74) is 0. The SMILES string of the molecule is CC1CCCn2c1nnc2C1CCNCC1. The zero-order chi connectivity index (χ0) is 11.0. The third-order valence-electron chi connectivity index (χ3n) is 3.97. The Hall–Kier alpha value is -0.900. The van der Waals surface area contributed by atoms with Crippen molar-refractivity contribution in [1.82, 2.24) is 20.1 Å². The topological polar surface area (TPSA) is 42.7 Å². The molecule has 1 aromatic rings. The van der Waals surface area contributed by atoms with Crippen molar-refractivity contribution in [2.24, 2.45) is 0 Å². The number of fused-ring (bicyclic) bond motifs is 1. The van der Waals surface area contributed by atoms with Gasteiger partial charge >= 0.3 is 0 Å². The maximum Gasteiger partial charge on any atom is 0.136 e. The average molecular weight is 220 g/mol. The monoisotopic (exact) mass is 220 g/mol. The van der Waals surface area contributed by atoms with Gasteiger partial charge in [0.05, 0.1) is 0 Å². The zero-order valence-electron chi connectivity index (χ0n) is 9.95. The summed E-state index contributed by atoms with van der Waals surface area (Å²) in [6.07, 6.45) is 4.98. The highest BCUT2D eigenvalue weighted by atomic mass is 15.3. The Labute approximate surface area is 96.4 Å². The summed E-state index contributed by atoms with van der Waals surface area (Å²) in [5, 5.41) is 12.3. The first-order chi connectivity index (χ1) is 7.86. The van der Waals surface area contributed by atoms with Gasteiger partial charge in [-0.1, -0.05) is 6.92 Å². The van der Waals surface area contributed by atoms with Crippen molar-refractivity contribution in [3.63, 3.8) is 0 Å². The molecule has 2 aliphatic heterocycles. The summed E-state index contributed by atoms with van der Waals surface area (Å²) in [4.78, 5) is 0. The normalized spacial score (nSPS) is 26.7. The number of hydrogen-bond donors (Lipinski definition) is 1. The first kappa shape index (κ1) is 10.3. The lowest BCUT2D eigenvalue weighted by Crippen LogP contribution is -2.28. The summed E-state index contributed by atoms with van der Waals surface area (Å²) in [6.45, 7) is 5.66. The predicted molar refractivity (Wildman–Crippen MR) is 62.5 cm³/mol. The fourth-order valence-electron chi connectivity index (χ4n) is 2.99. The fraction of sp³-hybridized carbons (Fsp3) is 0.833. The van der Waals surface area contributed by atoms with Crippen LogP contribution < -0.4 is 5.32 Å². The Morgan fingerprint density at radius 2 is 1.88 bits per heavy atom. The maximum absolute atomic E-state index is 4.46. The molecule has 3 heterocycles. The van der Waals surface area contributed by atoms with Crippen molar-refractivity contribution in [3.8, 4) is 0 Å². The molecule has 4 nitrogen and oxygen atoms in total. The molecule has 2 aliphatic rings. The minimum atomic E-state index is 0.594. The van der Waals surface area contributed by atoms with Gasteiger partial charge in [0.2, 0.25) is 0 Å². The van der Waals surface area contributed by atoms with Crippen LogP contribution in [0.3, 0.4) is 0 Å². The molecule has 0 saturated carbocycles. The van der Waals surface area contributed by atoms with Crippen molar-refractivity contribution in [1.29, 1.82) is 0 Å². The molecular formula is C12H20N4. The average Bonchev–Trinajstić information content (AvgIpc) is 2.75. The Morgan fingerprint density at radius 3 is 2.69 bits per heavy atom. The second kappa shape index (κ2) is 4.17. The third-order valence-corrected chi connectivity index (χ3v) is 3.97. The van der Waals surface area contributed by atoms with E-state index in [4.69, 9.17) is 0 Å². The fourth-order valence-corrected chi connectivity index (χ4v) is 2.99. The highest BCUT2D eigenvalue weighted by Gasteiger charge is 2.26. The van der Waals surface area contributed by atoms with Gasteiger partial charge < -0.3 is 9.88 Å². The van der Waals surface area contributed by atoms with E-state index < -0.39 is 0 Å². The van der Waals surface area contributed by atoms with E-state index in [2.05, 4.69) is 27.0 Å². The van der Waals surface area contributed by atoms with Crippen molar-refractivity contribution >= 4 is 0 Å². The summed E-state index contributed by atoms with van der Waals surface area (Å²) in [6, 6.07) is 0. The van der Waals surface area contributed by atoms with Crippen LogP contribution in [0.5, 0.6) is 0 Å². The zero-order valence-corrected chi connectivity index (χ0v) is 9.95. The van der Waals surface area contributed by atoms with Gasteiger partial charge in [0.1, 0.15) is 11.6 Å². The van der Waals surface area contributed by atoms with Gasteiger partial charge in [-0.05, 0) is 38.8 Å². The van der Waals surface area contributed by atoms with E-state index in [1.165, 1.54) is 37.3 Å². The van der Waals surface area contributed by atoms with Gasteiger partial charge in [-0.25, -0.2) is 0 Å². The molecule has 1 saturated heterocycles. The molecule has 1 aromatic heterocycles. The third kappa shape index (κ3) is 1.65. The number of hydrogen-bond acceptors (Lipinski definition) is 3. The van der Waals surface area contributed by atoms with Crippen LogP contribution in [0, 0.1) is 0 Å². The van der Waals surface area contributed by atoms with E-state index in [1.807, 2.05) is 0 Å². The van der Waals surface area contributed by atoms with Gasteiger partial charge in [-0.2, -0.15) is 0 Å². The summed E-state index contributed by atoms with van der Waals surface area (Å²) < 4.78 is 2.39. The summed E-state index contributed by atoms with van der Waals surface area (Å²) in [5.74, 6) is 3.70. The lowest BCUT2D eigenvalue weighted by atomic mass is 9.95. The number of rotatable bonds is 1. The molecule has 1 atom stereocenters. The molecule has 1 unspecified atom stereocenters. The highest BCUT2D eigenvalue weighted by molar-refractivity contribution is 5.08. The van der Waals surface area contributed by atoms with Crippen LogP contribution >= 0.6 is 0 Å².